The highest BCUT2D eigenvalue weighted by molar-refractivity contribution is 7.88. The van der Waals surface area contributed by atoms with E-state index in [9.17, 15) is 22.0 Å². The van der Waals surface area contributed by atoms with E-state index in [1.807, 2.05) is 0 Å². The van der Waals surface area contributed by atoms with Crippen LogP contribution in [0.5, 0.6) is 0 Å². The van der Waals surface area contributed by atoms with Crippen LogP contribution in [0.25, 0.3) is 0 Å². The molecule has 2 aromatic rings. The number of benzene rings is 2. The van der Waals surface area contributed by atoms with E-state index in [2.05, 4.69) is 5.32 Å². The Labute approximate surface area is 139 Å². The Morgan fingerprint density at radius 2 is 1.83 bits per heavy atom. The number of amides is 1. The van der Waals surface area contributed by atoms with Crippen LogP contribution in [0.4, 0.5) is 14.5 Å². The summed E-state index contributed by atoms with van der Waals surface area (Å²) in [6.45, 7) is -0.786. The Bertz CT molecular complexity index is 841. The molecule has 1 amide bonds. The molecule has 24 heavy (non-hydrogen) atoms. The normalized spacial score (nSPS) is 11.5. The van der Waals surface area contributed by atoms with Crippen molar-refractivity contribution in [2.45, 2.75) is 6.54 Å². The summed E-state index contributed by atoms with van der Waals surface area (Å²) in [7, 11) is -3.74. The fourth-order valence-corrected chi connectivity index (χ4v) is 2.76. The van der Waals surface area contributed by atoms with Crippen LogP contribution in [-0.4, -0.2) is 31.4 Å². The van der Waals surface area contributed by atoms with Crippen molar-refractivity contribution in [3.8, 4) is 0 Å². The molecule has 5 nitrogen and oxygen atoms in total. The highest BCUT2D eigenvalue weighted by Crippen LogP contribution is 2.13. The topological polar surface area (TPSA) is 66.5 Å². The number of carbonyl (C=O) groups is 1. The van der Waals surface area contributed by atoms with Gasteiger partial charge in [0.05, 0.1) is 12.8 Å². The first-order valence-electron chi connectivity index (χ1n) is 6.99. The minimum atomic E-state index is -3.74. The summed E-state index contributed by atoms with van der Waals surface area (Å²) in [5, 5.41) is 2.41. The number of carbonyl (C=O) groups excluding carboxylic acids is 1. The molecule has 0 aromatic heterocycles. The number of rotatable bonds is 6. The average molecular weight is 354 g/mol. The van der Waals surface area contributed by atoms with Gasteiger partial charge in [0, 0.05) is 17.8 Å². The Kier molecular flexibility index (Phi) is 5.63. The molecule has 2 rings (SSSR count). The summed E-state index contributed by atoms with van der Waals surface area (Å²) in [5.74, 6) is -1.74. The second kappa shape index (κ2) is 7.50. The number of halogens is 2. The van der Waals surface area contributed by atoms with E-state index in [1.165, 1.54) is 36.4 Å². The van der Waals surface area contributed by atoms with Gasteiger partial charge < -0.3 is 5.32 Å². The summed E-state index contributed by atoms with van der Waals surface area (Å²) in [5.41, 5.74) is 0.362. The smallest absolute Gasteiger partial charge is 0.239 e. The van der Waals surface area contributed by atoms with Crippen LogP contribution >= 0.6 is 0 Å². The second-order valence-electron chi connectivity index (χ2n) is 5.18. The SMILES string of the molecule is CS(=O)(=O)N(CC(=O)Nc1cccc(F)c1)Cc1ccccc1F. The zero-order valence-electron chi connectivity index (χ0n) is 12.9. The van der Waals surface area contributed by atoms with Gasteiger partial charge in [-0.25, -0.2) is 17.2 Å². The second-order valence-corrected chi connectivity index (χ2v) is 7.16. The summed E-state index contributed by atoms with van der Waals surface area (Å²) >= 11 is 0. The number of hydrogen-bond donors (Lipinski definition) is 1. The van der Waals surface area contributed by atoms with E-state index in [-0.39, 0.29) is 17.8 Å². The summed E-state index contributed by atoms with van der Waals surface area (Å²) in [4.78, 5) is 12.0. The molecule has 0 aliphatic carbocycles. The van der Waals surface area contributed by atoms with Crippen molar-refractivity contribution < 1.29 is 22.0 Å². The van der Waals surface area contributed by atoms with Crippen LogP contribution in [0.2, 0.25) is 0 Å². The minimum absolute atomic E-state index is 0.154. The van der Waals surface area contributed by atoms with E-state index in [1.54, 1.807) is 6.07 Å². The molecule has 128 valence electrons. The lowest BCUT2D eigenvalue weighted by Gasteiger charge is -2.20. The highest BCUT2D eigenvalue weighted by atomic mass is 32.2. The number of hydrogen-bond acceptors (Lipinski definition) is 3. The highest BCUT2D eigenvalue weighted by Gasteiger charge is 2.21. The largest absolute Gasteiger partial charge is 0.325 e. The standard InChI is InChI=1S/C16H16F2N2O3S/c1-24(22,23)20(10-12-5-2-3-8-15(12)18)11-16(21)19-14-7-4-6-13(17)9-14/h2-9H,10-11H2,1H3,(H,19,21). The molecule has 0 spiro atoms. The van der Waals surface area contributed by atoms with Gasteiger partial charge in [0.2, 0.25) is 15.9 Å². The predicted octanol–water partition coefficient (Wildman–Crippen LogP) is 2.37. The molecule has 0 fully saturated rings. The lowest BCUT2D eigenvalue weighted by molar-refractivity contribution is -0.116. The summed E-state index contributed by atoms with van der Waals surface area (Å²) < 4.78 is 51.4. The monoisotopic (exact) mass is 354 g/mol. The van der Waals surface area contributed by atoms with Crippen molar-refractivity contribution in [2.24, 2.45) is 0 Å². The van der Waals surface area contributed by atoms with Crippen molar-refractivity contribution in [3.63, 3.8) is 0 Å². The fourth-order valence-electron chi connectivity index (χ4n) is 2.03. The molecule has 0 atom stereocenters. The molecule has 1 N–H and O–H groups in total. The van der Waals surface area contributed by atoms with Crippen molar-refractivity contribution >= 4 is 21.6 Å². The Balaban J connectivity index is 2.12. The van der Waals surface area contributed by atoms with Gasteiger partial charge in [-0.15, -0.1) is 0 Å². The first kappa shape index (κ1) is 18.0. The van der Waals surface area contributed by atoms with E-state index in [0.717, 1.165) is 16.6 Å². The van der Waals surface area contributed by atoms with Crippen molar-refractivity contribution in [2.75, 3.05) is 18.1 Å². The molecule has 0 aliphatic heterocycles. The predicted molar refractivity (Wildman–Crippen MR) is 86.7 cm³/mol. The van der Waals surface area contributed by atoms with Gasteiger partial charge in [0.1, 0.15) is 11.6 Å². The van der Waals surface area contributed by atoms with Crippen LogP contribution in [0.15, 0.2) is 48.5 Å². The van der Waals surface area contributed by atoms with Crippen LogP contribution < -0.4 is 5.32 Å². The molecule has 0 saturated carbocycles. The number of sulfonamides is 1. The fraction of sp³-hybridized carbons (Fsp3) is 0.188. The first-order valence-corrected chi connectivity index (χ1v) is 8.84. The molecule has 0 heterocycles. The van der Waals surface area contributed by atoms with Crippen LogP contribution in [0.3, 0.4) is 0 Å². The van der Waals surface area contributed by atoms with E-state index < -0.39 is 34.1 Å². The van der Waals surface area contributed by atoms with E-state index in [0.29, 0.717) is 0 Å². The molecule has 0 radical (unpaired) electrons. The van der Waals surface area contributed by atoms with Gasteiger partial charge in [0.15, 0.2) is 0 Å². The lowest BCUT2D eigenvalue weighted by Crippen LogP contribution is -2.37. The summed E-state index contributed by atoms with van der Waals surface area (Å²) in [6, 6.07) is 10.9. The van der Waals surface area contributed by atoms with Gasteiger partial charge in [-0.3, -0.25) is 4.79 Å². The van der Waals surface area contributed by atoms with Gasteiger partial charge in [-0.2, -0.15) is 4.31 Å². The van der Waals surface area contributed by atoms with Crippen LogP contribution in [0, 0.1) is 11.6 Å². The molecular formula is C16H16F2N2O3S. The zero-order valence-corrected chi connectivity index (χ0v) is 13.7. The molecule has 0 unspecified atom stereocenters. The zero-order chi connectivity index (χ0) is 17.7. The average Bonchev–Trinajstić information content (AvgIpc) is 2.47. The Morgan fingerprint density at radius 1 is 1.12 bits per heavy atom. The third kappa shape index (κ3) is 5.10. The van der Waals surface area contributed by atoms with Crippen molar-refractivity contribution in [1.82, 2.24) is 4.31 Å². The Hall–Kier alpha value is -2.32. The quantitative estimate of drug-likeness (QED) is 0.866. The molecule has 0 aliphatic rings. The van der Waals surface area contributed by atoms with Crippen molar-refractivity contribution in [1.29, 1.82) is 0 Å². The molecule has 0 saturated heterocycles. The van der Waals surface area contributed by atoms with Gasteiger partial charge in [-0.1, -0.05) is 24.3 Å². The number of nitrogens with one attached hydrogen (secondary N) is 1. The number of anilines is 1. The van der Waals surface area contributed by atoms with Gasteiger partial charge >= 0.3 is 0 Å². The molecule has 8 heteroatoms. The molecular weight excluding hydrogens is 338 g/mol. The van der Waals surface area contributed by atoms with E-state index in [4.69, 9.17) is 0 Å². The minimum Gasteiger partial charge on any atom is -0.325 e. The van der Waals surface area contributed by atoms with Crippen LogP contribution in [0.1, 0.15) is 5.56 Å². The maximum atomic E-state index is 13.7. The molecule has 2 aromatic carbocycles. The van der Waals surface area contributed by atoms with E-state index >= 15 is 0 Å². The first-order chi connectivity index (χ1) is 11.3. The third-order valence-electron chi connectivity index (χ3n) is 3.20. The maximum absolute atomic E-state index is 13.7. The lowest BCUT2D eigenvalue weighted by atomic mass is 10.2. The van der Waals surface area contributed by atoms with Crippen LogP contribution in [-0.2, 0) is 21.4 Å². The third-order valence-corrected chi connectivity index (χ3v) is 4.40. The molecule has 0 bridgehead atoms. The number of nitrogens with zero attached hydrogens (tertiary/aromatic N) is 1. The summed E-state index contributed by atoms with van der Waals surface area (Å²) in [6.07, 6.45) is 0.934. The maximum Gasteiger partial charge on any atom is 0.239 e. The Morgan fingerprint density at radius 3 is 2.46 bits per heavy atom. The van der Waals surface area contributed by atoms with Gasteiger partial charge in [0.25, 0.3) is 0 Å². The van der Waals surface area contributed by atoms with Crippen molar-refractivity contribution in [3.05, 3.63) is 65.7 Å². The van der Waals surface area contributed by atoms with Gasteiger partial charge in [-0.05, 0) is 24.3 Å².